The van der Waals surface area contributed by atoms with Crippen molar-refractivity contribution < 1.29 is 37.6 Å². The molecule has 0 bridgehead atoms. The highest BCUT2D eigenvalue weighted by molar-refractivity contribution is 5.96. The number of fused-ring (bicyclic) bond motifs is 3. The minimum atomic E-state index is -3.27. The van der Waals surface area contributed by atoms with Crippen LogP contribution < -0.4 is 0 Å². The van der Waals surface area contributed by atoms with Crippen molar-refractivity contribution in [3.8, 4) is 0 Å². The Morgan fingerprint density at radius 1 is 0.933 bits per heavy atom. The highest BCUT2D eigenvalue weighted by Gasteiger charge is 2.44. The first-order valence-electron chi connectivity index (χ1n) is 20.8. The standard InChI is InChI=1S/C32H38F5N3O3.C17H20.H2/c1-19-11-24-23-6-5-22(31(41)43-3)15-27(23)38-29(24)30(40(19)17-32(36,37)18-42-2)28-25(34)13-21(14-26(28)35)12-20-7-10-39(16-20)9-4-8-33;1-17(2,3)16(14-10-6-4-7-11-14)15-12-8-5-9-13-15;/h5-6,13-15,19-20,30,38H,4,7-12,16-18H2,1-3H3;4-13,16H,1-3H3;1H/t19-,20?,30-;;/m1../s1. The van der Waals surface area contributed by atoms with E-state index in [1.54, 1.807) is 25.1 Å². The molecular weight excluding hydrogens is 774 g/mol. The van der Waals surface area contributed by atoms with Gasteiger partial charge in [0.1, 0.15) is 18.2 Å². The molecule has 0 saturated carbocycles. The number of hydrogen-bond donors (Lipinski definition) is 1. The Labute approximate surface area is 352 Å². The fraction of sp³-hybridized carbons (Fsp3) is 0.449. The number of benzene rings is 4. The number of aromatic nitrogens is 1. The third kappa shape index (κ3) is 10.5. The van der Waals surface area contributed by atoms with Gasteiger partial charge in [-0.15, -0.1) is 0 Å². The largest absolute Gasteiger partial charge is 0.465 e. The van der Waals surface area contributed by atoms with Gasteiger partial charge in [-0.1, -0.05) is 87.5 Å². The maximum absolute atomic E-state index is 16.1. The van der Waals surface area contributed by atoms with Gasteiger partial charge in [-0.3, -0.25) is 9.29 Å². The number of likely N-dealkylation sites (tertiary alicyclic amines) is 1. The number of ether oxygens (including phenoxy) is 2. The third-order valence-corrected chi connectivity index (χ3v) is 11.8. The van der Waals surface area contributed by atoms with E-state index in [9.17, 15) is 18.0 Å². The summed E-state index contributed by atoms with van der Waals surface area (Å²) in [5, 5.41) is 0.749. The molecule has 60 heavy (non-hydrogen) atoms. The van der Waals surface area contributed by atoms with E-state index in [1.165, 1.54) is 42.4 Å². The van der Waals surface area contributed by atoms with Crippen LogP contribution in [-0.2, 0) is 22.3 Å². The van der Waals surface area contributed by atoms with Gasteiger partial charge in [0.25, 0.3) is 5.92 Å². The van der Waals surface area contributed by atoms with E-state index < -0.39 is 48.8 Å². The molecule has 0 radical (unpaired) electrons. The summed E-state index contributed by atoms with van der Waals surface area (Å²) >= 11 is 0. The van der Waals surface area contributed by atoms with Gasteiger partial charge in [0.05, 0.1) is 31.9 Å². The SMILES string of the molecule is CC(C)(C)C(c1ccccc1)c1ccccc1.COCC(F)(F)CN1[C@H](c2c(F)cc(CC3CCN(CCCF)C3)cc2F)c2[nH]c3cc(C(=O)OC)ccc3c2C[C@H]1C.[HH]. The Hall–Kier alpha value is -4.58. The number of nitrogens with one attached hydrogen (secondary N) is 1. The van der Waals surface area contributed by atoms with Crippen molar-refractivity contribution >= 4 is 16.9 Å². The summed E-state index contributed by atoms with van der Waals surface area (Å²) in [7, 11) is 2.45. The predicted octanol–water partition coefficient (Wildman–Crippen LogP) is 11.2. The van der Waals surface area contributed by atoms with E-state index in [2.05, 4.69) is 91.3 Å². The van der Waals surface area contributed by atoms with Crippen LogP contribution in [0.3, 0.4) is 0 Å². The van der Waals surface area contributed by atoms with Gasteiger partial charge in [0, 0.05) is 55.7 Å². The maximum atomic E-state index is 16.1. The first-order chi connectivity index (χ1) is 28.6. The van der Waals surface area contributed by atoms with E-state index in [4.69, 9.17) is 9.47 Å². The minimum absolute atomic E-state index is 0. The zero-order valence-electron chi connectivity index (χ0n) is 35.5. The van der Waals surface area contributed by atoms with Gasteiger partial charge >= 0.3 is 5.97 Å². The second-order valence-electron chi connectivity index (χ2n) is 17.5. The number of halogens is 5. The Bertz CT molecular complexity index is 2130. The molecule has 1 fully saturated rings. The summed E-state index contributed by atoms with van der Waals surface area (Å²) in [6.07, 6.45) is 2.13. The molecule has 1 N–H and O–H groups in total. The van der Waals surface area contributed by atoms with Crippen LogP contribution >= 0.6 is 0 Å². The van der Waals surface area contributed by atoms with Crippen LogP contribution in [0, 0.1) is 23.0 Å². The zero-order valence-corrected chi connectivity index (χ0v) is 35.5. The van der Waals surface area contributed by atoms with Crippen LogP contribution in [0.5, 0.6) is 0 Å². The molecule has 5 aromatic rings. The number of methoxy groups -OCH3 is 2. The number of hydrogen-bond acceptors (Lipinski definition) is 5. The molecule has 3 atom stereocenters. The van der Waals surface area contributed by atoms with Crippen molar-refractivity contribution in [3.05, 3.63) is 142 Å². The molecule has 2 aliphatic heterocycles. The molecule has 11 heteroatoms. The molecule has 1 saturated heterocycles. The molecule has 7 rings (SSSR count). The van der Waals surface area contributed by atoms with Crippen molar-refractivity contribution in [2.45, 2.75) is 77.3 Å². The smallest absolute Gasteiger partial charge is 0.337 e. The van der Waals surface area contributed by atoms with Gasteiger partial charge in [-0.2, -0.15) is 0 Å². The highest BCUT2D eigenvalue weighted by atomic mass is 19.3. The Morgan fingerprint density at radius 2 is 1.57 bits per heavy atom. The molecule has 324 valence electrons. The van der Waals surface area contributed by atoms with Gasteiger partial charge < -0.3 is 19.4 Å². The summed E-state index contributed by atoms with van der Waals surface area (Å²) in [5.41, 5.74) is 5.22. The van der Waals surface area contributed by atoms with Crippen LogP contribution in [0.25, 0.3) is 10.9 Å². The lowest BCUT2D eigenvalue weighted by atomic mass is 9.73. The van der Waals surface area contributed by atoms with Crippen LogP contribution in [-0.4, -0.2) is 86.4 Å². The summed E-state index contributed by atoms with van der Waals surface area (Å²) in [4.78, 5) is 19.0. The Kier molecular flexibility index (Phi) is 14.6. The second kappa shape index (κ2) is 19.4. The lowest BCUT2D eigenvalue weighted by Gasteiger charge is -2.42. The van der Waals surface area contributed by atoms with Crippen LogP contribution in [0.15, 0.2) is 91.0 Å². The number of nitrogens with zero attached hydrogens (tertiary/aromatic N) is 2. The summed E-state index contributed by atoms with van der Waals surface area (Å²) in [6.45, 7) is 8.90. The molecule has 0 spiro atoms. The average molecular weight is 834 g/mol. The summed E-state index contributed by atoms with van der Waals surface area (Å²) in [6, 6.07) is 27.4. The van der Waals surface area contributed by atoms with Gasteiger partial charge in [0.15, 0.2) is 0 Å². The van der Waals surface area contributed by atoms with Crippen LogP contribution in [0.1, 0.15) is 97.8 Å². The van der Waals surface area contributed by atoms with Crippen molar-refractivity contribution in [3.63, 3.8) is 0 Å². The van der Waals surface area contributed by atoms with Gasteiger partial charge in [-0.25, -0.2) is 22.4 Å². The Morgan fingerprint density at radius 3 is 2.13 bits per heavy atom. The molecular formula is C49H60F5N3O3. The predicted molar refractivity (Wildman–Crippen MR) is 230 cm³/mol. The van der Waals surface area contributed by atoms with Gasteiger partial charge in [0.2, 0.25) is 0 Å². The summed E-state index contributed by atoms with van der Waals surface area (Å²) < 4.78 is 84.3. The molecule has 1 unspecified atom stereocenters. The van der Waals surface area contributed by atoms with E-state index in [0.29, 0.717) is 54.1 Å². The van der Waals surface area contributed by atoms with E-state index in [-0.39, 0.29) is 25.0 Å². The lowest BCUT2D eigenvalue weighted by molar-refractivity contribution is -0.0966. The van der Waals surface area contributed by atoms with E-state index in [0.717, 1.165) is 30.5 Å². The van der Waals surface area contributed by atoms with Crippen LogP contribution in [0.2, 0.25) is 0 Å². The number of esters is 1. The maximum Gasteiger partial charge on any atom is 0.337 e. The summed E-state index contributed by atoms with van der Waals surface area (Å²) in [5.74, 6) is -4.78. The highest BCUT2D eigenvalue weighted by Crippen LogP contribution is 2.44. The fourth-order valence-electron chi connectivity index (χ4n) is 9.29. The topological polar surface area (TPSA) is 57.8 Å². The number of carbonyl (C=O) groups excluding carboxylic acids is 1. The quantitative estimate of drug-likeness (QED) is 0.0946. The van der Waals surface area contributed by atoms with Crippen molar-refractivity contribution in [2.75, 3.05) is 53.7 Å². The lowest BCUT2D eigenvalue weighted by Crippen LogP contribution is -2.49. The van der Waals surface area contributed by atoms with Crippen LogP contribution in [0.4, 0.5) is 22.0 Å². The number of H-pyrrole nitrogens is 1. The van der Waals surface area contributed by atoms with Crippen molar-refractivity contribution in [2.24, 2.45) is 11.3 Å². The first-order valence-corrected chi connectivity index (χ1v) is 20.8. The number of alkyl halides is 3. The van der Waals surface area contributed by atoms with Gasteiger partial charge in [-0.05, 0) is 97.0 Å². The fourth-order valence-corrected chi connectivity index (χ4v) is 9.29. The normalized spacial score (nSPS) is 18.7. The second-order valence-corrected chi connectivity index (χ2v) is 17.5. The minimum Gasteiger partial charge on any atom is -0.465 e. The molecule has 6 nitrogen and oxygen atoms in total. The number of rotatable bonds is 13. The zero-order chi connectivity index (χ0) is 43.2. The van der Waals surface area contributed by atoms with E-state index >= 15 is 8.78 Å². The first kappa shape index (κ1) is 45.0. The average Bonchev–Trinajstić information content (AvgIpc) is 3.81. The molecule has 0 aliphatic carbocycles. The number of aromatic amines is 1. The molecule has 4 aromatic carbocycles. The molecule has 3 heterocycles. The molecule has 1 aromatic heterocycles. The number of carbonyl (C=O) groups is 1. The van der Waals surface area contributed by atoms with Crippen molar-refractivity contribution in [1.29, 1.82) is 0 Å². The Balaban J connectivity index is 0.000000327. The van der Waals surface area contributed by atoms with E-state index in [1.807, 2.05) is 0 Å². The molecule has 0 amide bonds. The third-order valence-electron chi connectivity index (χ3n) is 11.8. The monoisotopic (exact) mass is 833 g/mol. The molecule has 2 aliphatic rings. The van der Waals surface area contributed by atoms with Crippen molar-refractivity contribution in [1.82, 2.24) is 14.8 Å².